The fraction of sp³-hybridized carbons (Fsp3) is 0.312. The van der Waals surface area contributed by atoms with Crippen molar-refractivity contribution in [3.05, 3.63) is 40.1 Å². The molecule has 0 radical (unpaired) electrons. The molecule has 0 amide bonds. The van der Waals surface area contributed by atoms with E-state index in [4.69, 9.17) is 5.73 Å². The summed E-state index contributed by atoms with van der Waals surface area (Å²) in [6.45, 7) is 2.48. The summed E-state index contributed by atoms with van der Waals surface area (Å²) in [7, 11) is 1.35. The van der Waals surface area contributed by atoms with Gasteiger partial charge in [-0.25, -0.2) is 15.0 Å². The van der Waals surface area contributed by atoms with Gasteiger partial charge >= 0.3 is 5.97 Å². The number of nitrogens with two attached hydrogens (primary N) is 1. The van der Waals surface area contributed by atoms with Crippen molar-refractivity contribution in [1.29, 1.82) is 0 Å². The molecule has 3 heterocycles. The van der Waals surface area contributed by atoms with Crippen LogP contribution >= 0.6 is 15.9 Å². The number of halogens is 1. The van der Waals surface area contributed by atoms with Crippen molar-refractivity contribution in [3.63, 3.8) is 0 Å². The van der Waals surface area contributed by atoms with Crippen molar-refractivity contribution in [2.24, 2.45) is 0 Å². The van der Waals surface area contributed by atoms with Crippen LogP contribution in [0.4, 0.5) is 5.82 Å². The summed E-state index contributed by atoms with van der Waals surface area (Å²) in [5, 5.41) is 0. The first-order valence-corrected chi connectivity index (χ1v) is 8.43. The molecule has 0 fully saturated rings. The van der Waals surface area contributed by atoms with Gasteiger partial charge in [-0.05, 0) is 34.5 Å². The lowest BCUT2D eigenvalue weighted by Crippen LogP contribution is -2.08. The van der Waals surface area contributed by atoms with E-state index in [1.54, 1.807) is 0 Å². The summed E-state index contributed by atoms with van der Waals surface area (Å²) in [5.41, 5.74) is 9.11. The van der Waals surface area contributed by atoms with E-state index in [0.29, 0.717) is 34.7 Å². The van der Waals surface area contributed by atoms with Crippen molar-refractivity contribution in [3.8, 4) is 0 Å². The Morgan fingerprint density at radius 2 is 2.12 bits per heavy atom. The molecule has 0 aliphatic carbocycles. The number of hydrogen-bond acceptors (Lipinski definition) is 7. The molecule has 0 aliphatic rings. The van der Waals surface area contributed by atoms with Gasteiger partial charge in [-0.2, -0.15) is 0 Å². The number of imidazole rings is 1. The maximum atomic E-state index is 11.3. The highest BCUT2D eigenvalue weighted by molar-refractivity contribution is 9.10. The van der Waals surface area contributed by atoms with Crippen molar-refractivity contribution in [2.45, 2.75) is 26.3 Å². The second-order valence-electron chi connectivity index (χ2n) is 5.55. The Hall–Kier alpha value is -2.55. The quantitative estimate of drug-likeness (QED) is 0.511. The van der Waals surface area contributed by atoms with Crippen LogP contribution in [0.2, 0.25) is 0 Å². The second-order valence-corrected chi connectivity index (χ2v) is 6.26. The molecule has 8 nitrogen and oxygen atoms in total. The third-order valence-corrected chi connectivity index (χ3v) is 4.32. The van der Waals surface area contributed by atoms with Gasteiger partial charge in [0.1, 0.15) is 5.82 Å². The van der Waals surface area contributed by atoms with Crippen LogP contribution in [0, 0.1) is 6.92 Å². The molecule has 0 atom stereocenters. The number of aryl methyl sites for hydroxylation is 2. The van der Waals surface area contributed by atoms with Gasteiger partial charge in [0, 0.05) is 18.3 Å². The van der Waals surface area contributed by atoms with Gasteiger partial charge in [0.25, 0.3) is 0 Å². The third-order valence-electron chi connectivity index (χ3n) is 3.72. The Bertz CT molecular complexity index is 923. The number of nitrogen functional groups attached to an aromatic ring is 1. The number of rotatable bonds is 5. The summed E-state index contributed by atoms with van der Waals surface area (Å²) in [6.07, 6.45) is 2.36. The van der Waals surface area contributed by atoms with Crippen molar-refractivity contribution in [2.75, 3.05) is 12.8 Å². The maximum absolute atomic E-state index is 11.3. The van der Waals surface area contributed by atoms with Crippen LogP contribution in [0.25, 0.3) is 11.2 Å². The summed E-state index contributed by atoms with van der Waals surface area (Å²) < 4.78 is 7.14. The summed E-state index contributed by atoms with van der Waals surface area (Å²) in [6, 6.07) is 3.96. The zero-order valence-corrected chi connectivity index (χ0v) is 15.4. The van der Waals surface area contributed by atoms with Gasteiger partial charge in [-0.1, -0.05) is 6.07 Å². The van der Waals surface area contributed by atoms with Crippen LogP contribution in [0.5, 0.6) is 0 Å². The molecule has 3 aromatic heterocycles. The monoisotopic (exact) mass is 404 g/mol. The van der Waals surface area contributed by atoms with Crippen LogP contribution < -0.4 is 5.73 Å². The van der Waals surface area contributed by atoms with Gasteiger partial charge in [0.2, 0.25) is 0 Å². The van der Waals surface area contributed by atoms with Gasteiger partial charge in [-0.3, -0.25) is 14.3 Å². The minimum atomic E-state index is -0.317. The van der Waals surface area contributed by atoms with E-state index in [0.717, 1.165) is 11.3 Å². The Kier molecular flexibility index (Phi) is 4.93. The zero-order valence-electron chi connectivity index (χ0n) is 13.9. The second kappa shape index (κ2) is 7.14. The first-order valence-electron chi connectivity index (χ1n) is 7.64. The van der Waals surface area contributed by atoms with Crippen LogP contribution in [-0.4, -0.2) is 37.6 Å². The summed E-state index contributed by atoms with van der Waals surface area (Å²) in [5.74, 6) is 0.445. The van der Waals surface area contributed by atoms with E-state index < -0.39 is 0 Å². The number of hydrogen-bond donors (Lipinski definition) is 1. The van der Waals surface area contributed by atoms with Crippen LogP contribution in [0.3, 0.4) is 0 Å². The molecule has 0 aromatic carbocycles. The average molecular weight is 405 g/mol. The Labute approximate surface area is 152 Å². The number of fused-ring (bicyclic) bond motifs is 1. The maximum Gasteiger partial charge on any atom is 0.305 e. The van der Waals surface area contributed by atoms with Crippen molar-refractivity contribution in [1.82, 2.24) is 24.5 Å². The van der Waals surface area contributed by atoms with E-state index in [-0.39, 0.29) is 18.2 Å². The number of esters is 1. The van der Waals surface area contributed by atoms with Crippen molar-refractivity contribution < 1.29 is 9.53 Å². The third kappa shape index (κ3) is 3.76. The van der Waals surface area contributed by atoms with Gasteiger partial charge < -0.3 is 10.5 Å². The number of carbonyl (C=O) groups excluding carboxylic acids is 1. The molecule has 0 bridgehead atoms. The summed E-state index contributed by atoms with van der Waals surface area (Å²) >= 11 is 3.45. The highest BCUT2D eigenvalue weighted by atomic mass is 79.9. The number of anilines is 1. The Morgan fingerprint density at radius 1 is 1.32 bits per heavy atom. The normalized spacial score (nSPS) is 11.0. The lowest BCUT2D eigenvalue weighted by atomic mass is 10.2. The van der Waals surface area contributed by atoms with E-state index >= 15 is 0 Å². The topological polar surface area (TPSA) is 109 Å². The fourth-order valence-corrected chi connectivity index (χ4v) is 2.86. The molecular weight excluding hydrogens is 388 g/mol. The molecular formula is C16H17BrN6O2. The van der Waals surface area contributed by atoms with Crippen molar-refractivity contribution >= 4 is 38.9 Å². The Balaban J connectivity index is 1.97. The molecule has 130 valence electrons. The molecule has 0 unspecified atom stereocenters. The highest BCUT2D eigenvalue weighted by Gasteiger charge is 2.16. The molecule has 25 heavy (non-hydrogen) atoms. The minimum absolute atomic E-state index is 0.193. The number of nitrogens with zero attached hydrogens (tertiary/aromatic N) is 5. The van der Waals surface area contributed by atoms with Crippen LogP contribution in [0.15, 0.2) is 23.1 Å². The van der Waals surface area contributed by atoms with Gasteiger partial charge in [0.15, 0.2) is 21.7 Å². The molecule has 3 rings (SSSR count). The van der Waals surface area contributed by atoms with Crippen LogP contribution in [0.1, 0.15) is 23.5 Å². The van der Waals surface area contributed by atoms with Crippen LogP contribution in [-0.2, 0) is 22.5 Å². The average Bonchev–Trinajstić information content (AvgIpc) is 2.91. The first kappa shape index (κ1) is 17.3. The fourth-order valence-electron chi connectivity index (χ4n) is 2.38. The largest absolute Gasteiger partial charge is 0.469 e. The first-order chi connectivity index (χ1) is 12.0. The predicted octanol–water partition coefficient (Wildman–Crippen LogP) is 2.03. The molecule has 2 N–H and O–H groups in total. The lowest BCUT2D eigenvalue weighted by molar-refractivity contribution is -0.140. The number of aromatic nitrogens is 5. The molecule has 0 saturated carbocycles. The minimum Gasteiger partial charge on any atom is -0.469 e. The zero-order chi connectivity index (χ0) is 18.0. The van der Waals surface area contributed by atoms with E-state index in [1.807, 2.05) is 29.8 Å². The van der Waals surface area contributed by atoms with E-state index in [9.17, 15) is 4.79 Å². The van der Waals surface area contributed by atoms with E-state index in [1.165, 1.54) is 7.11 Å². The van der Waals surface area contributed by atoms with E-state index in [2.05, 4.69) is 40.6 Å². The highest BCUT2D eigenvalue weighted by Crippen LogP contribution is 2.24. The number of pyridine rings is 1. The molecule has 0 spiro atoms. The van der Waals surface area contributed by atoms with Gasteiger partial charge in [-0.15, -0.1) is 0 Å². The standard InChI is InChI=1S/C16H17BrN6O2/c1-9-3-4-10(7-19-9)8-23-15-13(22-16(23)17)14(18)20-11(21-15)5-6-12(24)25-2/h3-4,7H,5-6,8H2,1-2H3,(H2,18,20,21). The number of carbonyl (C=O) groups is 1. The number of methoxy groups -OCH3 is 1. The predicted molar refractivity (Wildman–Crippen MR) is 95.8 cm³/mol. The molecule has 0 saturated heterocycles. The molecule has 9 heteroatoms. The summed E-state index contributed by atoms with van der Waals surface area (Å²) in [4.78, 5) is 28.8. The van der Waals surface area contributed by atoms with Gasteiger partial charge in [0.05, 0.1) is 20.1 Å². The lowest BCUT2D eigenvalue weighted by Gasteiger charge is -2.07. The number of ether oxygens (including phenoxy) is 1. The SMILES string of the molecule is COC(=O)CCc1nc(N)c2nc(Br)n(Cc3ccc(C)nc3)c2n1. The Morgan fingerprint density at radius 3 is 2.80 bits per heavy atom. The smallest absolute Gasteiger partial charge is 0.305 e. The molecule has 0 aliphatic heterocycles. The molecule has 3 aromatic rings.